The van der Waals surface area contributed by atoms with Crippen molar-refractivity contribution in [3.05, 3.63) is 60.7 Å². The zero-order valence-electron chi connectivity index (χ0n) is 15.2. The van der Waals surface area contributed by atoms with Crippen LogP contribution in [0.1, 0.15) is 0 Å². The fraction of sp³-hybridized carbons (Fsp3) is 0. The van der Waals surface area contributed by atoms with Gasteiger partial charge in [-0.1, -0.05) is 36.4 Å². The fourth-order valence-corrected chi connectivity index (χ4v) is 3.59. The van der Waals surface area contributed by atoms with Crippen molar-refractivity contribution >= 4 is 42.0 Å². The number of aromatic hydroxyl groups is 2. The summed E-state index contributed by atoms with van der Waals surface area (Å²) in [5.74, 6) is -1.24. The molecule has 0 spiro atoms. The topological polar surface area (TPSA) is 181 Å². The maximum Gasteiger partial charge on any atom is 2.00 e. The second kappa shape index (κ2) is 9.14. The summed E-state index contributed by atoms with van der Waals surface area (Å²) in [5.41, 5.74) is 0.703. The zero-order valence-corrected chi connectivity index (χ0v) is 17.9. The quantitative estimate of drug-likeness (QED) is 0.301. The molecule has 2 aromatic heterocycles. The van der Waals surface area contributed by atoms with Gasteiger partial charge in [-0.25, -0.2) is 26.8 Å². The minimum absolute atomic E-state index is 0. The molecule has 2 N–H and O–H groups in total. The number of pyridine rings is 2. The average Bonchev–Trinajstić information content (AvgIpc) is 2.65. The number of aromatic nitrogens is 2. The minimum atomic E-state index is -4.74. The van der Waals surface area contributed by atoms with Gasteiger partial charge in [0.15, 0.2) is 21.6 Å². The summed E-state index contributed by atoms with van der Waals surface area (Å²) < 4.78 is 64.3. The number of hydrogen-bond donors (Lipinski definition) is 2. The third-order valence-corrected chi connectivity index (χ3v) is 5.36. The molecule has 4 aromatic rings. The summed E-state index contributed by atoms with van der Waals surface area (Å²) in [6.45, 7) is 0. The molecule has 162 valence electrons. The molecule has 2 aromatic carbocycles. The van der Waals surface area contributed by atoms with Crippen LogP contribution in [0.25, 0.3) is 21.8 Å². The van der Waals surface area contributed by atoms with Crippen molar-refractivity contribution in [1.82, 2.24) is 9.97 Å². The fourth-order valence-electron chi connectivity index (χ4n) is 2.54. The van der Waals surface area contributed by atoms with Crippen LogP contribution in [-0.2, 0) is 37.3 Å². The van der Waals surface area contributed by atoms with Crippen LogP contribution in [0.15, 0.2) is 70.7 Å². The van der Waals surface area contributed by atoms with Crippen LogP contribution in [0, 0.1) is 0 Å². The summed E-state index contributed by atoms with van der Waals surface area (Å²) in [4.78, 5) is 7.19. The molecule has 0 atom stereocenters. The Balaban J connectivity index is 0.000000213. The van der Waals surface area contributed by atoms with Crippen molar-refractivity contribution in [2.24, 2.45) is 0 Å². The monoisotopic (exact) mass is 504 g/mol. The Morgan fingerprint density at radius 1 is 0.645 bits per heavy atom. The molecule has 0 saturated carbocycles. The predicted molar refractivity (Wildman–Crippen MR) is 103 cm³/mol. The summed E-state index contributed by atoms with van der Waals surface area (Å²) in [6.07, 6.45) is 0. The standard InChI is InChI=1S/2C9H7NO4S.Fe/c2*11-8-5-6-3-1-2-4-7(6)10-9(8)15(12,13)14;/h2*1-5,11H,(H,12,13,14);/q;;+2/p-2. The van der Waals surface area contributed by atoms with Crippen molar-refractivity contribution in [2.75, 3.05) is 0 Å². The Morgan fingerprint density at radius 3 is 1.29 bits per heavy atom. The van der Waals surface area contributed by atoms with Crippen molar-refractivity contribution in [2.45, 2.75) is 10.1 Å². The van der Waals surface area contributed by atoms with E-state index in [0.29, 0.717) is 21.8 Å². The Kier molecular flexibility index (Phi) is 7.21. The van der Waals surface area contributed by atoms with E-state index in [1.54, 1.807) is 48.5 Å². The largest absolute Gasteiger partial charge is 2.00 e. The SMILES string of the molecule is O=S(=O)([O-])c1nc2ccccc2cc1O.O=S(=O)([O-])c1nc2ccccc2cc1O.[Fe+2]. The van der Waals surface area contributed by atoms with E-state index in [4.69, 9.17) is 0 Å². The summed E-state index contributed by atoms with van der Waals surface area (Å²) in [7, 11) is -9.47. The van der Waals surface area contributed by atoms with E-state index >= 15 is 0 Å². The molecule has 0 aliphatic carbocycles. The molecule has 4 rings (SSSR count). The molecule has 10 nitrogen and oxygen atoms in total. The molecule has 0 bridgehead atoms. The van der Waals surface area contributed by atoms with Gasteiger partial charge in [0.1, 0.15) is 20.2 Å². The van der Waals surface area contributed by atoms with E-state index in [2.05, 4.69) is 9.97 Å². The molecule has 0 fully saturated rings. The maximum atomic E-state index is 10.7. The molecular weight excluding hydrogens is 492 g/mol. The second-order valence-corrected chi connectivity index (χ2v) is 8.51. The predicted octanol–water partition coefficient (Wildman–Crippen LogP) is 1.69. The smallest absolute Gasteiger partial charge is 0.743 e. The number of hydrogen-bond acceptors (Lipinski definition) is 10. The Bertz CT molecular complexity index is 1360. The molecule has 0 radical (unpaired) electrons. The Hall–Kier alpha value is -2.80. The van der Waals surface area contributed by atoms with Gasteiger partial charge in [-0.3, -0.25) is 0 Å². The Morgan fingerprint density at radius 2 is 0.968 bits per heavy atom. The molecule has 0 amide bonds. The molecule has 0 saturated heterocycles. The molecular formula is C18H12FeN2O8S2. The summed E-state index contributed by atoms with van der Waals surface area (Å²) in [6, 6.07) is 15.6. The third-order valence-electron chi connectivity index (χ3n) is 3.81. The van der Waals surface area contributed by atoms with Crippen LogP contribution < -0.4 is 0 Å². The third kappa shape index (κ3) is 5.67. The van der Waals surface area contributed by atoms with E-state index in [1.807, 2.05) is 0 Å². The van der Waals surface area contributed by atoms with Crippen molar-refractivity contribution < 1.29 is 53.2 Å². The molecule has 0 aliphatic heterocycles. The van der Waals surface area contributed by atoms with Gasteiger partial charge in [-0.15, -0.1) is 0 Å². The van der Waals surface area contributed by atoms with Crippen molar-refractivity contribution in [3.8, 4) is 11.5 Å². The van der Waals surface area contributed by atoms with Gasteiger partial charge in [0, 0.05) is 10.8 Å². The van der Waals surface area contributed by atoms with E-state index < -0.39 is 41.8 Å². The van der Waals surface area contributed by atoms with Crippen LogP contribution in [0.4, 0.5) is 0 Å². The van der Waals surface area contributed by atoms with Crippen molar-refractivity contribution in [1.29, 1.82) is 0 Å². The summed E-state index contributed by atoms with van der Waals surface area (Å²) in [5, 5.41) is 18.1. The van der Waals surface area contributed by atoms with Gasteiger partial charge in [0.2, 0.25) is 0 Å². The summed E-state index contributed by atoms with van der Waals surface area (Å²) >= 11 is 0. The molecule has 0 unspecified atom stereocenters. The van der Waals surface area contributed by atoms with E-state index in [-0.39, 0.29) is 17.1 Å². The molecule has 31 heavy (non-hydrogen) atoms. The van der Waals surface area contributed by atoms with Gasteiger partial charge in [-0.05, 0) is 24.3 Å². The molecule has 2 heterocycles. The molecule has 0 aliphatic rings. The zero-order chi connectivity index (χ0) is 22.1. The first-order valence-electron chi connectivity index (χ1n) is 8.06. The van der Waals surface area contributed by atoms with Gasteiger partial charge < -0.3 is 19.3 Å². The first kappa shape index (κ1) is 24.5. The minimum Gasteiger partial charge on any atom is -0.743 e. The normalized spacial score (nSPS) is 11.4. The van der Waals surface area contributed by atoms with Crippen LogP contribution in [0.3, 0.4) is 0 Å². The second-order valence-electron chi connectivity index (χ2n) is 5.92. The number of fused-ring (bicyclic) bond motifs is 2. The van der Waals surface area contributed by atoms with Gasteiger partial charge in [0.25, 0.3) is 0 Å². The Labute approximate surface area is 187 Å². The number of nitrogens with zero attached hydrogens (tertiary/aromatic N) is 2. The van der Waals surface area contributed by atoms with E-state index in [9.17, 15) is 36.2 Å². The van der Waals surface area contributed by atoms with Gasteiger partial charge >= 0.3 is 17.1 Å². The van der Waals surface area contributed by atoms with E-state index in [0.717, 1.165) is 0 Å². The van der Waals surface area contributed by atoms with E-state index in [1.165, 1.54) is 12.1 Å². The van der Waals surface area contributed by atoms with Crippen LogP contribution in [0.5, 0.6) is 11.5 Å². The number of rotatable bonds is 2. The van der Waals surface area contributed by atoms with Crippen LogP contribution >= 0.6 is 0 Å². The maximum absolute atomic E-state index is 10.7. The van der Waals surface area contributed by atoms with Gasteiger partial charge in [0.05, 0.1) is 11.0 Å². The number of benzene rings is 2. The first-order valence-corrected chi connectivity index (χ1v) is 10.9. The van der Waals surface area contributed by atoms with Crippen molar-refractivity contribution in [3.63, 3.8) is 0 Å². The van der Waals surface area contributed by atoms with Gasteiger partial charge in [-0.2, -0.15) is 0 Å². The van der Waals surface area contributed by atoms with Crippen LogP contribution in [-0.4, -0.2) is 46.1 Å². The average molecular weight is 504 g/mol. The first-order chi connectivity index (χ1) is 14.0. The molecule has 13 heteroatoms. The number of para-hydroxylation sites is 2. The van der Waals surface area contributed by atoms with Crippen LogP contribution in [0.2, 0.25) is 0 Å².